The van der Waals surface area contributed by atoms with Gasteiger partial charge in [0.2, 0.25) is 29.0 Å². The van der Waals surface area contributed by atoms with Crippen LogP contribution in [-0.4, -0.2) is 29.0 Å². The van der Waals surface area contributed by atoms with E-state index in [-0.39, 0.29) is 11.1 Å². The number of ketones is 2. The molecule has 7 heteroatoms. The van der Waals surface area contributed by atoms with Crippen LogP contribution in [0.1, 0.15) is 37.9 Å². The average Bonchev–Trinajstić information content (AvgIpc) is 3.42. The number of benzene rings is 3. The second kappa shape index (κ2) is 7.19. The first-order chi connectivity index (χ1) is 16.4. The standard InChI is InChI=1S/C27H18ClNO5/c1-14-11-12-16(13-19(14)28)29-25(32)20-21(26(29)33)27(34-22(20)15-7-3-2-4-8-15)23(30)17-9-5-6-10-18(17)24(27)31/h2-13,20-22H,1H3/t20-,21-,22-/m1/s1. The predicted molar refractivity (Wildman–Crippen MR) is 124 cm³/mol. The minimum Gasteiger partial charge on any atom is -0.349 e. The van der Waals surface area contributed by atoms with Crippen molar-refractivity contribution in [3.8, 4) is 0 Å². The third-order valence-electron chi connectivity index (χ3n) is 7.06. The summed E-state index contributed by atoms with van der Waals surface area (Å²) in [5, 5.41) is 0.404. The van der Waals surface area contributed by atoms with E-state index in [2.05, 4.69) is 0 Å². The molecule has 6 nitrogen and oxygen atoms in total. The maximum absolute atomic E-state index is 13.9. The maximum Gasteiger partial charge on any atom is 0.241 e. The molecule has 0 saturated carbocycles. The van der Waals surface area contributed by atoms with Crippen molar-refractivity contribution >= 4 is 40.7 Å². The Morgan fingerprint density at radius 1 is 0.824 bits per heavy atom. The molecule has 2 aliphatic heterocycles. The molecule has 2 fully saturated rings. The molecule has 1 aliphatic carbocycles. The molecule has 0 bridgehead atoms. The number of amides is 2. The Kier molecular flexibility index (Phi) is 4.43. The summed E-state index contributed by atoms with van der Waals surface area (Å²) < 4.78 is 6.24. The van der Waals surface area contributed by atoms with Crippen LogP contribution in [0.15, 0.2) is 72.8 Å². The second-order valence-electron chi connectivity index (χ2n) is 8.84. The Bertz CT molecular complexity index is 1380. The molecule has 3 aromatic rings. The number of ether oxygens (including phenoxy) is 1. The number of fused-ring (bicyclic) bond motifs is 3. The van der Waals surface area contributed by atoms with Crippen LogP contribution in [0, 0.1) is 18.8 Å². The first kappa shape index (κ1) is 21.0. The number of Topliss-reactive ketones (excluding diaryl/α,β-unsaturated/α-hetero) is 2. The summed E-state index contributed by atoms with van der Waals surface area (Å²) >= 11 is 6.28. The molecule has 3 aromatic carbocycles. The zero-order valence-electron chi connectivity index (χ0n) is 18.0. The number of hydrogen-bond acceptors (Lipinski definition) is 5. The summed E-state index contributed by atoms with van der Waals surface area (Å²) in [5.74, 6) is -4.62. The number of rotatable bonds is 2. The van der Waals surface area contributed by atoms with Gasteiger partial charge in [-0.25, -0.2) is 4.90 Å². The first-order valence-corrected chi connectivity index (χ1v) is 11.3. The fourth-order valence-electron chi connectivity index (χ4n) is 5.44. The van der Waals surface area contributed by atoms with Gasteiger partial charge in [0.25, 0.3) is 0 Å². The van der Waals surface area contributed by atoms with Crippen LogP contribution in [0.25, 0.3) is 0 Å². The van der Waals surface area contributed by atoms with E-state index in [4.69, 9.17) is 16.3 Å². The Labute approximate surface area is 200 Å². The molecule has 2 amide bonds. The minimum absolute atomic E-state index is 0.206. The molecule has 0 radical (unpaired) electrons. The van der Waals surface area contributed by atoms with E-state index < -0.39 is 46.9 Å². The van der Waals surface area contributed by atoms with Gasteiger partial charge >= 0.3 is 0 Å². The van der Waals surface area contributed by atoms with Crippen molar-refractivity contribution in [1.29, 1.82) is 0 Å². The van der Waals surface area contributed by atoms with Crippen molar-refractivity contribution in [3.63, 3.8) is 0 Å². The topological polar surface area (TPSA) is 80.8 Å². The molecule has 0 aromatic heterocycles. The Hall–Kier alpha value is -3.61. The SMILES string of the molecule is Cc1ccc(N2C(=O)[C@H]3[C@@H](c4ccccc4)OC4(C(=O)c5ccccc5C4=O)[C@H]3C2=O)cc1Cl. The van der Waals surface area contributed by atoms with E-state index >= 15 is 0 Å². The van der Waals surface area contributed by atoms with Gasteiger partial charge in [0.1, 0.15) is 0 Å². The summed E-state index contributed by atoms with van der Waals surface area (Å²) in [6.45, 7) is 1.82. The molecule has 0 N–H and O–H groups in total. The highest BCUT2D eigenvalue weighted by Crippen LogP contribution is 2.57. The van der Waals surface area contributed by atoms with Crippen molar-refractivity contribution < 1.29 is 23.9 Å². The number of carbonyl (C=O) groups excluding carboxylic acids is 4. The summed E-state index contributed by atoms with van der Waals surface area (Å²) in [5.41, 5.74) is 0.0517. The number of anilines is 1. The molecule has 1 spiro atoms. The van der Waals surface area contributed by atoms with Crippen molar-refractivity contribution in [3.05, 3.63) is 100 Å². The van der Waals surface area contributed by atoms with Gasteiger partial charge in [-0.3, -0.25) is 19.2 Å². The highest BCUT2D eigenvalue weighted by Gasteiger charge is 2.74. The van der Waals surface area contributed by atoms with Gasteiger partial charge in [-0.2, -0.15) is 0 Å². The molecular weight excluding hydrogens is 454 g/mol. The van der Waals surface area contributed by atoms with Gasteiger partial charge in [-0.05, 0) is 30.2 Å². The number of aryl methyl sites for hydroxylation is 1. The van der Waals surface area contributed by atoms with Crippen LogP contribution in [-0.2, 0) is 14.3 Å². The maximum atomic E-state index is 13.9. The summed E-state index contributed by atoms with van der Waals surface area (Å²) in [6.07, 6.45) is -0.934. The highest BCUT2D eigenvalue weighted by atomic mass is 35.5. The van der Waals surface area contributed by atoms with Gasteiger partial charge in [-0.1, -0.05) is 72.3 Å². The lowest BCUT2D eigenvalue weighted by Crippen LogP contribution is -2.51. The van der Waals surface area contributed by atoms with Crippen molar-refractivity contribution in [2.75, 3.05) is 4.90 Å². The number of imide groups is 1. The lowest BCUT2D eigenvalue weighted by Gasteiger charge is -2.27. The van der Waals surface area contributed by atoms with E-state index in [0.717, 1.165) is 10.5 Å². The van der Waals surface area contributed by atoms with Crippen LogP contribution in [0.2, 0.25) is 5.02 Å². The zero-order valence-corrected chi connectivity index (χ0v) is 18.8. The van der Waals surface area contributed by atoms with Gasteiger partial charge in [0.15, 0.2) is 0 Å². The first-order valence-electron chi connectivity index (χ1n) is 10.9. The number of halogens is 1. The Balaban J connectivity index is 1.55. The molecule has 34 heavy (non-hydrogen) atoms. The van der Waals surface area contributed by atoms with Crippen molar-refractivity contribution in [1.82, 2.24) is 0 Å². The minimum atomic E-state index is -2.08. The third-order valence-corrected chi connectivity index (χ3v) is 7.47. The zero-order chi connectivity index (χ0) is 23.8. The van der Waals surface area contributed by atoms with Crippen molar-refractivity contribution in [2.45, 2.75) is 18.6 Å². The van der Waals surface area contributed by atoms with Crippen LogP contribution in [0.3, 0.4) is 0 Å². The monoisotopic (exact) mass is 471 g/mol. The van der Waals surface area contributed by atoms with E-state index in [0.29, 0.717) is 16.3 Å². The smallest absolute Gasteiger partial charge is 0.241 e. The lowest BCUT2D eigenvalue weighted by atomic mass is 9.77. The van der Waals surface area contributed by atoms with E-state index in [1.165, 1.54) is 0 Å². The number of carbonyl (C=O) groups is 4. The molecule has 3 atom stereocenters. The van der Waals surface area contributed by atoms with Crippen LogP contribution in [0.5, 0.6) is 0 Å². The number of hydrogen-bond donors (Lipinski definition) is 0. The molecule has 6 rings (SSSR count). The van der Waals surface area contributed by atoms with E-state index in [1.54, 1.807) is 66.7 Å². The normalized spacial score (nSPS) is 24.8. The summed E-state index contributed by atoms with van der Waals surface area (Å²) in [4.78, 5) is 56.1. The van der Waals surface area contributed by atoms with Crippen molar-refractivity contribution in [2.24, 2.45) is 11.8 Å². The van der Waals surface area contributed by atoms with E-state index in [9.17, 15) is 19.2 Å². The molecule has 168 valence electrons. The van der Waals surface area contributed by atoms with Gasteiger partial charge in [0.05, 0.1) is 23.6 Å². The fraction of sp³-hybridized carbons (Fsp3) is 0.185. The predicted octanol–water partition coefficient (Wildman–Crippen LogP) is 4.34. The van der Waals surface area contributed by atoms with Gasteiger partial charge in [0, 0.05) is 16.1 Å². The highest BCUT2D eigenvalue weighted by molar-refractivity contribution is 6.37. The average molecular weight is 472 g/mol. The van der Waals surface area contributed by atoms with E-state index in [1.807, 2.05) is 13.0 Å². The second-order valence-corrected chi connectivity index (χ2v) is 9.24. The van der Waals surface area contributed by atoms with Gasteiger partial charge in [-0.15, -0.1) is 0 Å². The lowest BCUT2D eigenvalue weighted by molar-refractivity contribution is -0.127. The Morgan fingerprint density at radius 2 is 1.44 bits per heavy atom. The number of nitrogens with zero attached hydrogens (tertiary/aromatic N) is 1. The molecule has 2 saturated heterocycles. The van der Waals surface area contributed by atoms with Gasteiger partial charge < -0.3 is 4.74 Å². The fourth-order valence-corrected chi connectivity index (χ4v) is 5.61. The largest absolute Gasteiger partial charge is 0.349 e. The quantitative estimate of drug-likeness (QED) is 0.410. The molecule has 3 aliphatic rings. The van der Waals surface area contributed by atoms with Crippen LogP contribution >= 0.6 is 11.6 Å². The third kappa shape index (κ3) is 2.55. The van der Waals surface area contributed by atoms with Crippen LogP contribution in [0.4, 0.5) is 5.69 Å². The molecular formula is C27H18ClNO5. The Morgan fingerprint density at radius 3 is 2.06 bits per heavy atom. The molecule has 2 heterocycles. The van der Waals surface area contributed by atoms with Crippen LogP contribution < -0.4 is 4.90 Å². The summed E-state index contributed by atoms with van der Waals surface area (Å²) in [7, 11) is 0. The summed E-state index contributed by atoms with van der Waals surface area (Å²) in [6, 6.07) is 20.2. The molecule has 0 unspecified atom stereocenters.